The zero-order valence-electron chi connectivity index (χ0n) is 58.5. The number of alkyl carbamates (subject to hydrolysis) is 1. The van der Waals surface area contributed by atoms with Gasteiger partial charge in [-0.05, 0) is 161 Å². The first kappa shape index (κ1) is 71.3. The van der Waals surface area contributed by atoms with Crippen molar-refractivity contribution in [3.05, 3.63) is 94.6 Å². The summed E-state index contributed by atoms with van der Waals surface area (Å²) >= 11 is 0. The highest BCUT2D eigenvalue weighted by Gasteiger charge is 2.78. The van der Waals surface area contributed by atoms with E-state index in [1.807, 2.05) is 0 Å². The molecule has 2 aromatic rings. The fourth-order valence-corrected chi connectivity index (χ4v) is 19.6. The number of aliphatic hydroxyl groups is 1. The molecule has 5 saturated carbocycles. The molecule has 19 atom stereocenters. The molecule has 10 rings (SSSR count). The highest BCUT2D eigenvalue weighted by atomic mass is 16.6. The predicted molar refractivity (Wildman–Crippen MR) is 351 cm³/mol. The summed E-state index contributed by atoms with van der Waals surface area (Å²) in [7, 11) is 2.80. The number of carbonyl (C=O) groups excluding carboxylic acids is 6. The lowest BCUT2D eigenvalue weighted by Gasteiger charge is -2.67. The first-order chi connectivity index (χ1) is 44.4. The van der Waals surface area contributed by atoms with Crippen molar-refractivity contribution in [1.29, 1.82) is 0 Å². The van der Waals surface area contributed by atoms with Crippen LogP contribution >= 0.6 is 0 Å². The molecule has 8 aliphatic rings. The van der Waals surface area contributed by atoms with E-state index in [-0.39, 0.29) is 48.9 Å². The smallest absolute Gasteiger partial charge is 0.408 e. The topological polar surface area (TPSA) is 227 Å². The number of methoxy groups -OCH3 is 2. The van der Waals surface area contributed by atoms with E-state index in [2.05, 4.69) is 46.0 Å². The minimum Gasteiger partial charge on any atom is -0.455 e. The summed E-state index contributed by atoms with van der Waals surface area (Å²) in [5.41, 5.74) is -5.11. The number of hydrogen-bond donors (Lipinski definition) is 2. The van der Waals surface area contributed by atoms with Crippen LogP contribution in [0.3, 0.4) is 0 Å². The Labute approximate surface area is 557 Å². The van der Waals surface area contributed by atoms with Gasteiger partial charge in [0, 0.05) is 39.4 Å². The molecule has 1 saturated heterocycles. The lowest BCUT2D eigenvalue weighted by Crippen LogP contribution is -2.82. The van der Waals surface area contributed by atoms with Crippen LogP contribution in [0.25, 0.3) is 0 Å². The first-order valence-electron chi connectivity index (χ1n) is 34.8. The SMILES string of the molecule is CO[C@H]1C(=O)[C@]2(C)[C@@H](OC)C[C@H]3OC[C@@]3(OC(C)=O)[C@H]2[C@H](OC(=O)c2ccccc2)[C@]2(O)C[C@H](OC(=O)[C@H](OC(=O)COCCO[C@H]3CC[C@@]4(C)C(=CCC5C4CC[C@@]4(C)C5CC[C@@H]4[C@H](C)CCCC(C)C)C3)[C@@H](NC(=O)OC(C)(C)C)c3ccccc3)C(C)=C1C2(C)C. The molecule has 18 nitrogen and oxygen atoms in total. The Morgan fingerprint density at radius 3 is 2.18 bits per heavy atom. The van der Waals surface area contributed by atoms with E-state index >= 15 is 9.59 Å². The average Bonchev–Trinajstić information content (AvgIpc) is 0.759. The number of ether oxygens (including phenoxy) is 10. The summed E-state index contributed by atoms with van der Waals surface area (Å²) in [4.78, 5) is 87.9. The maximum absolute atomic E-state index is 16.0. The molecule has 7 aliphatic carbocycles. The van der Waals surface area contributed by atoms with Crippen LogP contribution in [-0.4, -0.2) is 141 Å². The summed E-state index contributed by atoms with van der Waals surface area (Å²) in [6.07, 6.45) is 6.18. The first-order valence-corrected chi connectivity index (χ1v) is 34.8. The van der Waals surface area contributed by atoms with Gasteiger partial charge in [-0.1, -0.05) is 128 Å². The van der Waals surface area contributed by atoms with Crippen molar-refractivity contribution in [2.45, 2.75) is 239 Å². The van der Waals surface area contributed by atoms with E-state index in [9.17, 15) is 24.3 Å². The molecule has 1 aliphatic heterocycles. The molecule has 2 bridgehead atoms. The number of allylic oxidation sites excluding steroid dienone is 1. The van der Waals surface area contributed by atoms with Crippen LogP contribution < -0.4 is 5.32 Å². The van der Waals surface area contributed by atoms with Crippen molar-refractivity contribution in [2.75, 3.05) is 40.6 Å². The Morgan fingerprint density at radius 2 is 1.54 bits per heavy atom. The van der Waals surface area contributed by atoms with Gasteiger partial charge >= 0.3 is 30.0 Å². The van der Waals surface area contributed by atoms with Gasteiger partial charge in [-0.3, -0.25) is 9.59 Å². The summed E-state index contributed by atoms with van der Waals surface area (Å²) in [5, 5.41) is 17.0. The van der Waals surface area contributed by atoms with Crippen LogP contribution in [-0.2, 0) is 66.5 Å². The Hall–Kier alpha value is -5.50. The van der Waals surface area contributed by atoms with E-state index in [0.29, 0.717) is 22.5 Å². The molecule has 518 valence electrons. The summed E-state index contributed by atoms with van der Waals surface area (Å²) in [6.45, 7) is 24.8. The van der Waals surface area contributed by atoms with Crippen molar-refractivity contribution in [1.82, 2.24) is 5.32 Å². The molecule has 94 heavy (non-hydrogen) atoms. The van der Waals surface area contributed by atoms with Gasteiger partial charge in [0.25, 0.3) is 0 Å². The second-order valence-electron chi connectivity index (χ2n) is 31.5. The third-order valence-corrected chi connectivity index (χ3v) is 24.3. The number of amides is 1. The van der Waals surface area contributed by atoms with Crippen LogP contribution in [0.4, 0.5) is 4.79 Å². The third kappa shape index (κ3) is 13.2. The number of hydrogen-bond acceptors (Lipinski definition) is 17. The normalized spacial score (nSPS) is 35.8. The van der Waals surface area contributed by atoms with Crippen molar-refractivity contribution in [2.24, 2.45) is 63.1 Å². The fraction of sp³-hybridized carbons (Fsp3) is 0.711. The Balaban J connectivity index is 0.892. The second-order valence-corrected chi connectivity index (χ2v) is 31.5. The molecule has 2 N–H and O–H groups in total. The number of ketones is 1. The number of Topliss-reactive ketones (excluding diaryl/α,β-unsaturated/α-hetero) is 1. The second kappa shape index (κ2) is 27.8. The van der Waals surface area contributed by atoms with E-state index in [4.69, 9.17) is 47.4 Å². The molecule has 6 fully saturated rings. The Morgan fingerprint density at radius 1 is 0.840 bits per heavy atom. The fourth-order valence-electron chi connectivity index (χ4n) is 19.6. The molecule has 2 aromatic carbocycles. The number of fused-ring (bicyclic) bond motifs is 10. The zero-order valence-corrected chi connectivity index (χ0v) is 58.5. The van der Waals surface area contributed by atoms with Crippen molar-refractivity contribution < 1.29 is 81.2 Å². The molecule has 0 radical (unpaired) electrons. The van der Waals surface area contributed by atoms with Gasteiger partial charge in [-0.25, -0.2) is 19.2 Å². The van der Waals surface area contributed by atoms with Gasteiger partial charge in [-0.15, -0.1) is 0 Å². The standard InChI is InChI=1S/C76H107NO17/c1-44(2)23-22-24-45(3)53-31-32-54-52-30-29-50-39-51(33-35-72(50,11)55(52)34-36-73(53,54)12)88-38-37-87-42-59(79)91-63(61(48-25-18-16-19-26-48)77-69(83)94-70(6,7)8)68(82)90-56-41-76(84)66(92-67(81)49-27-20-17-21-28-49)64-74(13,65(80)62(86-15)60(46(56)4)71(76,9)10)57(85-14)40-58-75(64,43-89-58)93-47(5)78/h16-21,25-29,44-45,51-58,61-64,66,84H,22-24,30-43H2,1-15H3,(H,77,83)/t45-,51+,52?,53-,54?,55?,56+,57+,58-,61+,62-,63-,64+,66+,72+,73-,74-,75+,76-/m1/s1. The average molecular weight is 1310 g/mol. The van der Waals surface area contributed by atoms with Gasteiger partial charge in [-0.2, -0.15) is 0 Å². The van der Waals surface area contributed by atoms with Gasteiger partial charge in [0.2, 0.25) is 6.10 Å². The van der Waals surface area contributed by atoms with Crippen LogP contribution in [0.5, 0.6) is 0 Å². The number of rotatable bonds is 22. The lowest BCUT2D eigenvalue weighted by atomic mass is 9.44. The number of carbonyl (C=O) groups is 6. The van der Waals surface area contributed by atoms with Gasteiger partial charge in [0.05, 0.1) is 48.9 Å². The van der Waals surface area contributed by atoms with Gasteiger partial charge in [0.15, 0.2) is 11.4 Å². The minimum absolute atomic E-state index is 0.000309. The van der Waals surface area contributed by atoms with Crippen molar-refractivity contribution in [3.8, 4) is 0 Å². The van der Waals surface area contributed by atoms with Crippen LogP contribution in [0.2, 0.25) is 0 Å². The molecular formula is C76H107NO17. The van der Waals surface area contributed by atoms with E-state index in [0.717, 1.165) is 55.3 Å². The molecule has 1 amide bonds. The quantitative estimate of drug-likeness (QED) is 0.0483. The molecule has 0 aromatic heterocycles. The largest absolute Gasteiger partial charge is 0.455 e. The molecular weight excluding hydrogens is 1200 g/mol. The van der Waals surface area contributed by atoms with Crippen LogP contribution in [0, 0.1) is 63.1 Å². The lowest BCUT2D eigenvalue weighted by molar-refractivity contribution is -0.347. The van der Waals surface area contributed by atoms with Crippen molar-refractivity contribution >= 4 is 35.8 Å². The predicted octanol–water partition coefficient (Wildman–Crippen LogP) is 12.6. The highest BCUT2D eigenvalue weighted by Crippen LogP contribution is 2.69. The molecule has 3 unspecified atom stereocenters. The highest BCUT2D eigenvalue weighted by molar-refractivity contribution is 5.94. The van der Waals surface area contributed by atoms with Crippen LogP contribution in [0.1, 0.15) is 195 Å². The Kier molecular flexibility index (Phi) is 21.1. The number of nitrogens with one attached hydrogen (secondary N) is 1. The van der Waals surface area contributed by atoms with Crippen molar-refractivity contribution in [3.63, 3.8) is 0 Å². The van der Waals surface area contributed by atoms with Gasteiger partial charge in [0.1, 0.15) is 48.3 Å². The van der Waals surface area contributed by atoms with E-state index < -0.39 is 125 Å². The molecule has 1 heterocycles. The molecule has 0 spiro atoms. The zero-order chi connectivity index (χ0) is 68.1. The minimum atomic E-state index is -2.31. The summed E-state index contributed by atoms with van der Waals surface area (Å²) in [6, 6.07) is 15.1. The molecule has 18 heteroatoms. The summed E-state index contributed by atoms with van der Waals surface area (Å²) in [5.74, 6) is -1.07. The number of benzene rings is 2. The van der Waals surface area contributed by atoms with Gasteiger partial charge < -0.3 is 57.8 Å². The number of esters is 4. The van der Waals surface area contributed by atoms with E-state index in [1.54, 1.807) is 109 Å². The summed E-state index contributed by atoms with van der Waals surface area (Å²) < 4.78 is 62.4. The third-order valence-electron chi connectivity index (χ3n) is 24.3. The maximum atomic E-state index is 16.0. The van der Waals surface area contributed by atoms with Crippen LogP contribution in [0.15, 0.2) is 83.5 Å². The monoisotopic (exact) mass is 1310 g/mol. The van der Waals surface area contributed by atoms with E-state index in [1.165, 1.54) is 71.7 Å². The Bertz CT molecular complexity index is 3160. The maximum Gasteiger partial charge on any atom is 0.408 e.